The molecule has 0 saturated carbocycles. The Hall–Kier alpha value is -3.34. The van der Waals surface area contributed by atoms with Crippen LogP contribution in [0.3, 0.4) is 0 Å². The molecule has 5 aromatic rings. The van der Waals surface area contributed by atoms with Gasteiger partial charge in [-0.2, -0.15) is 0 Å². The number of hydrogen-bond donors (Lipinski definition) is 0. The van der Waals surface area contributed by atoms with Crippen molar-refractivity contribution in [3.8, 4) is 0 Å². The molecular formula is C18H9N3O2. The lowest BCUT2D eigenvalue weighted by Gasteiger charge is -2.04. The zero-order chi connectivity index (χ0) is 15.4. The molecule has 0 unspecified atom stereocenters. The van der Waals surface area contributed by atoms with Crippen LogP contribution in [0.4, 0.5) is 0 Å². The van der Waals surface area contributed by atoms with Gasteiger partial charge in [0.2, 0.25) is 0 Å². The molecule has 2 aromatic carbocycles. The molecule has 0 aliphatic rings. The van der Waals surface area contributed by atoms with Crippen LogP contribution in [0.15, 0.2) is 64.0 Å². The first-order valence-electron chi connectivity index (χ1n) is 7.17. The van der Waals surface area contributed by atoms with Crippen molar-refractivity contribution in [3.63, 3.8) is 0 Å². The molecule has 0 fully saturated rings. The van der Waals surface area contributed by atoms with Crippen molar-refractivity contribution in [3.05, 3.63) is 65.0 Å². The van der Waals surface area contributed by atoms with Crippen LogP contribution >= 0.6 is 0 Å². The Morgan fingerprint density at radius 2 is 1.65 bits per heavy atom. The van der Waals surface area contributed by atoms with Crippen molar-refractivity contribution in [2.45, 2.75) is 0 Å². The Bertz CT molecular complexity index is 1290. The van der Waals surface area contributed by atoms with Crippen molar-refractivity contribution in [1.82, 2.24) is 15.0 Å². The van der Waals surface area contributed by atoms with E-state index in [1.807, 2.05) is 36.4 Å². The van der Waals surface area contributed by atoms with E-state index >= 15 is 0 Å². The van der Waals surface area contributed by atoms with Crippen LogP contribution in [0.5, 0.6) is 0 Å². The fraction of sp³-hybridized carbons (Fsp3) is 0. The fourth-order valence-corrected chi connectivity index (χ4v) is 2.85. The van der Waals surface area contributed by atoms with Gasteiger partial charge in [-0.3, -0.25) is 4.79 Å². The Labute approximate surface area is 129 Å². The van der Waals surface area contributed by atoms with E-state index in [1.165, 1.54) is 12.3 Å². The molecule has 0 saturated heterocycles. The summed E-state index contributed by atoms with van der Waals surface area (Å²) in [5.41, 5.74) is 3.82. The van der Waals surface area contributed by atoms with Crippen LogP contribution in [-0.4, -0.2) is 15.0 Å². The summed E-state index contributed by atoms with van der Waals surface area (Å²) in [6, 6.07) is 14.6. The van der Waals surface area contributed by atoms with E-state index in [0.29, 0.717) is 27.6 Å². The standard InChI is InChI=1S/C18H9N3O2/c22-14-7-8-23-15-6-5-10-9-13-18(21-17(10)16(14)15)20-12-4-2-1-3-11(12)19-13/h1-9H. The second kappa shape index (κ2) is 4.33. The van der Waals surface area contributed by atoms with Gasteiger partial charge in [-0.05, 0) is 30.3 Å². The monoisotopic (exact) mass is 299 g/mol. The average Bonchev–Trinajstić information content (AvgIpc) is 2.58. The van der Waals surface area contributed by atoms with Crippen molar-refractivity contribution in [2.75, 3.05) is 0 Å². The number of aromatic nitrogens is 3. The lowest BCUT2D eigenvalue weighted by Crippen LogP contribution is -2.00. The third kappa shape index (κ3) is 1.73. The lowest BCUT2D eigenvalue weighted by molar-refractivity contribution is 0.603. The zero-order valence-electron chi connectivity index (χ0n) is 11.9. The first-order valence-corrected chi connectivity index (χ1v) is 7.17. The molecule has 0 aliphatic carbocycles. The van der Waals surface area contributed by atoms with E-state index < -0.39 is 0 Å². The van der Waals surface area contributed by atoms with Gasteiger partial charge in [-0.25, -0.2) is 15.0 Å². The first-order chi connectivity index (χ1) is 11.3. The van der Waals surface area contributed by atoms with Gasteiger partial charge in [0.05, 0.1) is 28.2 Å². The highest BCUT2D eigenvalue weighted by atomic mass is 16.3. The third-order valence-corrected chi connectivity index (χ3v) is 3.92. The Kier molecular flexibility index (Phi) is 2.30. The molecule has 0 bridgehead atoms. The molecule has 5 heteroatoms. The molecular weight excluding hydrogens is 290 g/mol. The van der Waals surface area contributed by atoms with Gasteiger partial charge in [0.1, 0.15) is 11.1 Å². The number of rotatable bonds is 0. The van der Waals surface area contributed by atoms with Crippen LogP contribution in [0.1, 0.15) is 0 Å². The molecule has 0 radical (unpaired) electrons. The SMILES string of the molecule is O=c1ccoc2ccc3cc4nc5ccccc5nc4nc3c12. The highest BCUT2D eigenvalue weighted by Crippen LogP contribution is 2.24. The number of para-hydroxylation sites is 2. The fourth-order valence-electron chi connectivity index (χ4n) is 2.85. The summed E-state index contributed by atoms with van der Waals surface area (Å²) in [6.45, 7) is 0. The van der Waals surface area contributed by atoms with Crippen LogP contribution in [0.2, 0.25) is 0 Å². The minimum Gasteiger partial charge on any atom is -0.464 e. The Balaban J connectivity index is 2.02. The molecule has 23 heavy (non-hydrogen) atoms. The lowest BCUT2D eigenvalue weighted by atomic mass is 10.1. The molecule has 0 spiro atoms. The maximum Gasteiger partial charge on any atom is 0.194 e. The number of fused-ring (bicyclic) bond motifs is 5. The summed E-state index contributed by atoms with van der Waals surface area (Å²) in [5.74, 6) is 0. The van der Waals surface area contributed by atoms with Crippen molar-refractivity contribution >= 4 is 44.1 Å². The number of nitrogens with zero attached hydrogens (tertiary/aromatic N) is 3. The van der Waals surface area contributed by atoms with Crippen LogP contribution < -0.4 is 5.43 Å². The van der Waals surface area contributed by atoms with Gasteiger partial charge in [-0.15, -0.1) is 0 Å². The second-order valence-corrected chi connectivity index (χ2v) is 5.34. The summed E-state index contributed by atoms with van der Waals surface area (Å²) < 4.78 is 5.41. The maximum atomic E-state index is 12.2. The van der Waals surface area contributed by atoms with E-state index in [9.17, 15) is 4.79 Å². The van der Waals surface area contributed by atoms with Crippen molar-refractivity contribution < 1.29 is 4.42 Å². The van der Waals surface area contributed by atoms with Gasteiger partial charge < -0.3 is 4.42 Å². The molecule has 0 amide bonds. The first kappa shape index (κ1) is 12.2. The summed E-state index contributed by atoms with van der Waals surface area (Å²) in [6.07, 6.45) is 1.39. The molecule has 3 heterocycles. The molecule has 3 aromatic heterocycles. The average molecular weight is 299 g/mol. The number of benzene rings is 2. The number of pyridine rings is 1. The molecule has 0 atom stereocenters. The highest BCUT2D eigenvalue weighted by Gasteiger charge is 2.10. The number of hydrogen-bond acceptors (Lipinski definition) is 5. The quantitative estimate of drug-likeness (QED) is 0.323. The van der Waals surface area contributed by atoms with E-state index in [1.54, 1.807) is 6.07 Å². The molecule has 108 valence electrons. The van der Waals surface area contributed by atoms with Gasteiger partial charge >= 0.3 is 0 Å². The van der Waals surface area contributed by atoms with E-state index in [4.69, 9.17) is 4.42 Å². The van der Waals surface area contributed by atoms with Crippen LogP contribution in [-0.2, 0) is 0 Å². The van der Waals surface area contributed by atoms with Crippen molar-refractivity contribution in [1.29, 1.82) is 0 Å². The van der Waals surface area contributed by atoms with E-state index in [-0.39, 0.29) is 5.43 Å². The molecule has 5 nitrogen and oxygen atoms in total. The topological polar surface area (TPSA) is 68.9 Å². The van der Waals surface area contributed by atoms with Crippen LogP contribution in [0.25, 0.3) is 44.1 Å². The largest absolute Gasteiger partial charge is 0.464 e. The molecule has 0 aliphatic heterocycles. The predicted octanol–water partition coefficient (Wildman–Crippen LogP) is 3.44. The van der Waals surface area contributed by atoms with Gasteiger partial charge in [0, 0.05) is 11.5 Å². The minimum absolute atomic E-state index is 0.113. The Morgan fingerprint density at radius 1 is 0.826 bits per heavy atom. The van der Waals surface area contributed by atoms with Gasteiger partial charge in [0.25, 0.3) is 0 Å². The smallest absolute Gasteiger partial charge is 0.194 e. The minimum atomic E-state index is -0.113. The van der Waals surface area contributed by atoms with Gasteiger partial charge in [-0.1, -0.05) is 12.1 Å². The normalized spacial score (nSPS) is 11.7. The second-order valence-electron chi connectivity index (χ2n) is 5.34. The predicted molar refractivity (Wildman–Crippen MR) is 88.4 cm³/mol. The van der Waals surface area contributed by atoms with Gasteiger partial charge in [0.15, 0.2) is 11.1 Å². The summed E-state index contributed by atoms with van der Waals surface area (Å²) in [4.78, 5) is 26.0. The van der Waals surface area contributed by atoms with E-state index in [2.05, 4.69) is 15.0 Å². The molecule has 5 rings (SSSR count). The zero-order valence-corrected chi connectivity index (χ0v) is 11.9. The third-order valence-electron chi connectivity index (χ3n) is 3.92. The summed E-state index contributed by atoms with van der Waals surface area (Å²) >= 11 is 0. The summed E-state index contributed by atoms with van der Waals surface area (Å²) in [5, 5.41) is 1.31. The van der Waals surface area contributed by atoms with E-state index in [0.717, 1.165) is 16.4 Å². The van der Waals surface area contributed by atoms with Crippen molar-refractivity contribution in [2.24, 2.45) is 0 Å². The summed E-state index contributed by atoms with van der Waals surface area (Å²) in [7, 11) is 0. The highest BCUT2D eigenvalue weighted by molar-refractivity contribution is 6.06. The van der Waals surface area contributed by atoms with Crippen LogP contribution in [0, 0.1) is 0 Å². The Morgan fingerprint density at radius 3 is 2.52 bits per heavy atom. The molecule has 0 N–H and O–H groups in total. The maximum absolute atomic E-state index is 12.2.